The van der Waals surface area contributed by atoms with Crippen LogP contribution in [0.4, 0.5) is 10.2 Å². The molecule has 4 rings (SSSR count). The third-order valence-corrected chi connectivity index (χ3v) is 5.69. The molecule has 0 unspecified atom stereocenters. The number of benzene rings is 1. The molecular formula is C21H22FN5O2. The zero-order valence-electron chi connectivity index (χ0n) is 16.5. The summed E-state index contributed by atoms with van der Waals surface area (Å²) in [5.41, 5.74) is 0.977. The molecule has 1 aliphatic rings. The zero-order valence-corrected chi connectivity index (χ0v) is 16.5. The van der Waals surface area contributed by atoms with Crippen LogP contribution in [-0.2, 0) is 20.6 Å². The molecule has 0 atom stereocenters. The summed E-state index contributed by atoms with van der Waals surface area (Å²) in [6, 6.07) is 7.99. The second-order valence-corrected chi connectivity index (χ2v) is 7.49. The minimum absolute atomic E-state index is 0.170. The van der Waals surface area contributed by atoms with E-state index in [2.05, 4.69) is 11.0 Å². The topological polar surface area (TPSA) is 76.0 Å². The first-order valence-electron chi connectivity index (χ1n) is 9.65. The highest BCUT2D eigenvalue weighted by Gasteiger charge is 2.23. The zero-order chi connectivity index (χ0) is 20.7. The number of hydrogen-bond donors (Lipinski definition) is 0. The van der Waals surface area contributed by atoms with Crippen molar-refractivity contribution in [3.05, 3.63) is 62.0 Å². The van der Waals surface area contributed by atoms with Crippen molar-refractivity contribution in [3.63, 3.8) is 0 Å². The Hall–Kier alpha value is -3.34. The van der Waals surface area contributed by atoms with Crippen molar-refractivity contribution >= 4 is 16.9 Å². The molecule has 1 aliphatic heterocycles. The Morgan fingerprint density at radius 1 is 1.07 bits per heavy atom. The lowest BCUT2D eigenvalue weighted by Gasteiger charge is -2.29. The fourth-order valence-corrected chi connectivity index (χ4v) is 4.09. The Kier molecular flexibility index (Phi) is 4.74. The van der Waals surface area contributed by atoms with Gasteiger partial charge in [0.25, 0.3) is 5.56 Å². The maximum absolute atomic E-state index is 13.9. The van der Waals surface area contributed by atoms with E-state index in [1.165, 1.54) is 29.8 Å². The lowest BCUT2D eigenvalue weighted by molar-refractivity contribution is 0.564. The average Bonchev–Trinajstić information content (AvgIpc) is 3.11. The van der Waals surface area contributed by atoms with E-state index in [-0.39, 0.29) is 6.54 Å². The Morgan fingerprint density at radius 3 is 2.48 bits per heavy atom. The summed E-state index contributed by atoms with van der Waals surface area (Å²) < 4.78 is 18.3. The van der Waals surface area contributed by atoms with Crippen LogP contribution in [0.1, 0.15) is 30.4 Å². The van der Waals surface area contributed by atoms with E-state index >= 15 is 0 Å². The minimum atomic E-state index is -0.435. The number of hydrogen-bond acceptors (Lipinski definition) is 4. The molecule has 1 saturated heterocycles. The van der Waals surface area contributed by atoms with Gasteiger partial charge in [-0.2, -0.15) is 5.26 Å². The van der Waals surface area contributed by atoms with Crippen LogP contribution in [0.2, 0.25) is 0 Å². The van der Waals surface area contributed by atoms with E-state index in [4.69, 9.17) is 0 Å². The molecule has 0 saturated carbocycles. The number of nitriles is 1. The van der Waals surface area contributed by atoms with Gasteiger partial charge in [0.1, 0.15) is 17.2 Å². The molecule has 7 nitrogen and oxygen atoms in total. The number of aryl methyl sites for hydroxylation is 1. The highest BCUT2D eigenvalue weighted by atomic mass is 19.1. The van der Waals surface area contributed by atoms with Crippen LogP contribution in [-0.4, -0.2) is 26.8 Å². The number of nitrogens with zero attached hydrogens (tertiary/aromatic N) is 5. The average molecular weight is 395 g/mol. The summed E-state index contributed by atoms with van der Waals surface area (Å²) in [4.78, 5) is 27.6. The molecule has 0 aliphatic carbocycles. The van der Waals surface area contributed by atoms with E-state index in [1.807, 2.05) is 10.6 Å². The SMILES string of the molecule is Cn1c(=O)c2c(cc(N3CCCCC3)n2Cc2cc(F)ccc2C#N)n(C)c1=O. The highest BCUT2D eigenvalue weighted by Crippen LogP contribution is 2.28. The van der Waals surface area contributed by atoms with Crippen LogP contribution in [0, 0.1) is 17.1 Å². The standard InChI is InChI=1S/C21H22FN5O2/c1-24-17-11-18(26-8-4-3-5-9-26)27(19(17)20(28)25(2)21(24)29)13-15-10-16(22)7-6-14(15)12-23/h6-7,10-11H,3-5,8-9,13H2,1-2H3. The summed E-state index contributed by atoms with van der Waals surface area (Å²) in [6.45, 7) is 1.86. The van der Waals surface area contributed by atoms with Crippen molar-refractivity contribution in [2.24, 2.45) is 14.1 Å². The lowest BCUT2D eigenvalue weighted by atomic mass is 10.1. The second-order valence-electron chi connectivity index (χ2n) is 7.49. The van der Waals surface area contributed by atoms with Crippen LogP contribution < -0.4 is 16.1 Å². The van der Waals surface area contributed by atoms with Crippen LogP contribution in [0.25, 0.3) is 11.0 Å². The van der Waals surface area contributed by atoms with Crippen LogP contribution >= 0.6 is 0 Å². The molecule has 0 N–H and O–H groups in total. The van der Waals surface area contributed by atoms with Crippen molar-refractivity contribution < 1.29 is 4.39 Å². The summed E-state index contributed by atoms with van der Waals surface area (Å²) in [5, 5.41) is 9.45. The van der Waals surface area contributed by atoms with Crippen molar-refractivity contribution in [2.75, 3.05) is 18.0 Å². The van der Waals surface area contributed by atoms with E-state index in [9.17, 15) is 19.2 Å². The maximum Gasteiger partial charge on any atom is 0.331 e. The lowest BCUT2D eigenvalue weighted by Crippen LogP contribution is -2.37. The van der Waals surface area contributed by atoms with Gasteiger partial charge in [-0.25, -0.2) is 9.18 Å². The molecule has 29 heavy (non-hydrogen) atoms. The summed E-state index contributed by atoms with van der Waals surface area (Å²) >= 11 is 0. The number of halogens is 1. The molecule has 3 aromatic rings. The summed E-state index contributed by atoms with van der Waals surface area (Å²) in [7, 11) is 3.09. The predicted octanol–water partition coefficient (Wildman–Crippen LogP) is 2.09. The van der Waals surface area contributed by atoms with Gasteiger partial charge >= 0.3 is 5.69 Å². The second kappa shape index (κ2) is 7.24. The molecule has 2 aromatic heterocycles. The van der Waals surface area contributed by atoms with E-state index in [0.717, 1.165) is 42.7 Å². The van der Waals surface area contributed by atoms with Gasteiger partial charge in [0.2, 0.25) is 0 Å². The minimum Gasteiger partial charge on any atom is -0.358 e. The molecule has 1 fully saturated rings. The molecule has 1 aromatic carbocycles. The third kappa shape index (κ3) is 3.12. The molecule has 0 radical (unpaired) electrons. The summed E-state index contributed by atoms with van der Waals surface area (Å²) in [6.07, 6.45) is 3.24. The number of anilines is 1. The van der Waals surface area contributed by atoms with Gasteiger partial charge in [-0.15, -0.1) is 0 Å². The summed E-state index contributed by atoms with van der Waals surface area (Å²) in [5.74, 6) is 0.376. The van der Waals surface area contributed by atoms with Gasteiger partial charge in [0.15, 0.2) is 0 Å². The predicted molar refractivity (Wildman–Crippen MR) is 109 cm³/mol. The van der Waals surface area contributed by atoms with Crippen molar-refractivity contribution in [3.8, 4) is 6.07 Å². The Labute approximate surface area is 166 Å². The largest absolute Gasteiger partial charge is 0.358 e. The quantitative estimate of drug-likeness (QED) is 0.681. The van der Waals surface area contributed by atoms with Gasteiger partial charge in [0.05, 0.1) is 23.7 Å². The van der Waals surface area contributed by atoms with Crippen LogP contribution in [0.5, 0.6) is 0 Å². The fourth-order valence-electron chi connectivity index (χ4n) is 4.09. The number of fused-ring (bicyclic) bond motifs is 1. The molecule has 3 heterocycles. The number of aromatic nitrogens is 3. The first kappa shape index (κ1) is 19.0. The molecule has 0 amide bonds. The van der Waals surface area contributed by atoms with E-state index < -0.39 is 17.1 Å². The molecular weight excluding hydrogens is 373 g/mol. The smallest absolute Gasteiger partial charge is 0.331 e. The number of rotatable bonds is 3. The first-order valence-corrected chi connectivity index (χ1v) is 9.65. The normalized spacial score (nSPS) is 14.3. The van der Waals surface area contributed by atoms with E-state index in [0.29, 0.717) is 22.2 Å². The van der Waals surface area contributed by atoms with Gasteiger partial charge in [-0.3, -0.25) is 13.9 Å². The van der Waals surface area contributed by atoms with Gasteiger partial charge < -0.3 is 9.47 Å². The van der Waals surface area contributed by atoms with Gasteiger partial charge in [-0.05, 0) is 43.0 Å². The van der Waals surface area contributed by atoms with Crippen molar-refractivity contribution in [1.29, 1.82) is 5.26 Å². The van der Waals surface area contributed by atoms with E-state index in [1.54, 1.807) is 7.05 Å². The van der Waals surface area contributed by atoms with Crippen LogP contribution in [0.3, 0.4) is 0 Å². The third-order valence-electron chi connectivity index (χ3n) is 5.69. The van der Waals surface area contributed by atoms with Gasteiger partial charge in [0, 0.05) is 33.3 Å². The first-order chi connectivity index (χ1) is 13.9. The van der Waals surface area contributed by atoms with Crippen molar-refractivity contribution in [1.82, 2.24) is 13.7 Å². The molecule has 0 spiro atoms. The molecule has 150 valence electrons. The fraction of sp³-hybridized carbons (Fsp3) is 0.381. The maximum atomic E-state index is 13.9. The number of piperidine rings is 1. The Balaban J connectivity index is 2.00. The Morgan fingerprint density at radius 2 is 1.79 bits per heavy atom. The highest BCUT2D eigenvalue weighted by molar-refractivity contribution is 5.81. The van der Waals surface area contributed by atoms with Gasteiger partial charge in [-0.1, -0.05) is 0 Å². The van der Waals surface area contributed by atoms with Crippen LogP contribution in [0.15, 0.2) is 33.9 Å². The Bertz CT molecular complexity index is 1260. The molecule has 8 heteroatoms. The monoisotopic (exact) mass is 395 g/mol. The molecule has 0 bridgehead atoms. The van der Waals surface area contributed by atoms with Crippen molar-refractivity contribution in [2.45, 2.75) is 25.8 Å².